The van der Waals surface area contributed by atoms with Crippen LogP contribution in [0.15, 0.2) is 30.3 Å². The second-order valence-corrected chi connectivity index (χ2v) is 3.15. The number of carbonyl (C=O) groups excluding carboxylic acids is 1. The number of rotatable bonds is 2. The Morgan fingerprint density at radius 3 is 3.00 bits per heavy atom. The predicted molar refractivity (Wildman–Crippen MR) is 49.1 cm³/mol. The lowest BCUT2D eigenvalue weighted by Crippen LogP contribution is -2.09. The van der Waals surface area contributed by atoms with Gasteiger partial charge < -0.3 is 4.74 Å². The first-order valence-electron chi connectivity index (χ1n) is 3.73. The number of ether oxygens (including phenoxy) is 1. The van der Waals surface area contributed by atoms with Crippen molar-refractivity contribution in [2.24, 2.45) is 0 Å². The van der Waals surface area contributed by atoms with E-state index in [0.29, 0.717) is 5.06 Å². The minimum absolute atomic E-state index is 0.230. The lowest BCUT2D eigenvalue weighted by atomic mass is 10.4. The van der Waals surface area contributed by atoms with E-state index in [1.54, 1.807) is 5.51 Å². The lowest BCUT2D eigenvalue weighted by molar-refractivity contribution is 0.0734. The van der Waals surface area contributed by atoms with Crippen molar-refractivity contribution >= 4 is 17.3 Å². The molecule has 0 saturated carbocycles. The van der Waals surface area contributed by atoms with Gasteiger partial charge in [0.1, 0.15) is 6.33 Å². The summed E-state index contributed by atoms with van der Waals surface area (Å²) in [6.45, 7) is 0. The first-order chi connectivity index (χ1) is 6.86. The van der Waals surface area contributed by atoms with Crippen molar-refractivity contribution in [3.8, 4) is 5.06 Å². The highest BCUT2D eigenvalue weighted by Gasteiger charge is 2.09. The van der Waals surface area contributed by atoms with Crippen molar-refractivity contribution in [2.45, 2.75) is 0 Å². The first-order valence-corrected chi connectivity index (χ1v) is 4.61. The van der Waals surface area contributed by atoms with E-state index in [-0.39, 0.29) is 5.69 Å². The topological polar surface area (TPSA) is 65.0 Å². The molecule has 5 nitrogen and oxygen atoms in total. The van der Waals surface area contributed by atoms with Crippen molar-refractivity contribution in [1.29, 1.82) is 0 Å². The third kappa shape index (κ3) is 1.91. The maximum Gasteiger partial charge on any atom is 0.363 e. The summed E-state index contributed by atoms with van der Waals surface area (Å²) in [5, 5.41) is 0.452. The summed E-state index contributed by atoms with van der Waals surface area (Å²) in [5.41, 5.74) is 1.82. The Kier molecular flexibility index (Phi) is 2.46. The first kappa shape index (κ1) is 8.76. The van der Waals surface area contributed by atoms with Crippen molar-refractivity contribution in [1.82, 2.24) is 15.0 Å². The van der Waals surface area contributed by atoms with Crippen LogP contribution in [0.5, 0.6) is 5.06 Å². The second-order valence-electron chi connectivity index (χ2n) is 2.30. The van der Waals surface area contributed by atoms with E-state index in [1.807, 2.05) is 0 Å². The molecular weight excluding hydrogens is 202 g/mol. The Hall–Kier alpha value is -1.82. The van der Waals surface area contributed by atoms with Crippen molar-refractivity contribution in [2.75, 3.05) is 0 Å². The van der Waals surface area contributed by atoms with Crippen LogP contribution in [0.25, 0.3) is 0 Å². The fraction of sp³-hybridized carbons (Fsp3) is 0. The van der Waals surface area contributed by atoms with Crippen LogP contribution in [0.1, 0.15) is 10.5 Å². The normalized spacial score (nSPS) is 9.71. The number of thiazole rings is 1. The van der Waals surface area contributed by atoms with Crippen LogP contribution in [0.2, 0.25) is 0 Å². The van der Waals surface area contributed by atoms with Crippen LogP contribution >= 0.6 is 11.3 Å². The number of carbonyl (C=O) groups is 1. The van der Waals surface area contributed by atoms with E-state index < -0.39 is 5.97 Å². The lowest BCUT2D eigenvalue weighted by Gasteiger charge is -1.98. The Labute approximate surface area is 83.4 Å². The molecule has 0 aliphatic rings. The summed E-state index contributed by atoms with van der Waals surface area (Å²) in [6.07, 6.45) is 4.25. The van der Waals surface area contributed by atoms with Crippen molar-refractivity contribution in [3.05, 3.63) is 36.0 Å². The average molecular weight is 207 g/mol. The van der Waals surface area contributed by atoms with E-state index in [9.17, 15) is 4.79 Å². The molecule has 2 aromatic heterocycles. The highest BCUT2D eigenvalue weighted by molar-refractivity contribution is 7.11. The maximum atomic E-state index is 11.4. The van der Waals surface area contributed by atoms with Crippen LogP contribution in [0, 0.1) is 0 Å². The molecule has 0 unspecified atom stereocenters. The van der Waals surface area contributed by atoms with E-state index in [1.165, 1.54) is 36.1 Å². The molecule has 0 bridgehead atoms. The predicted octanol–water partition coefficient (Wildman–Crippen LogP) is 1.15. The van der Waals surface area contributed by atoms with Gasteiger partial charge in [-0.3, -0.25) is 0 Å². The standard InChI is InChI=1S/C8H5N3O2S/c12-8(6-1-2-9-4-11-6)13-7-3-10-5-14-7/h1-5H. The Morgan fingerprint density at radius 2 is 2.36 bits per heavy atom. The summed E-state index contributed by atoms with van der Waals surface area (Å²) in [6, 6.07) is 1.49. The highest BCUT2D eigenvalue weighted by atomic mass is 32.1. The number of nitrogens with zero attached hydrogens (tertiary/aromatic N) is 3. The number of aromatic nitrogens is 3. The van der Waals surface area contributed by atoms with Crippen molar-refractivity contribution < 1.29 is 9.53 Å². The van der Waals surface area contributed by atoms with Gasteiger partial charge in [0.05, 0.1) is 11.7 Å². The molecule has 0 atom stereocenters. The summed E-state index contributed by atoms with van der Waals surface area (Å²) in [4.78, 5) is 22.6. The molecule has 0 N–H and O–H groups in total. The van der Waals surface area contributed by atoms with Gasteiger partial charge in [-0.15, -0.1) is 0 Å². The minimum atomic E-state index is -0.503. The minimum Gasteiger partial charge on any atom is -0.409 e. The molecule has 0 saturated heterocycles. The second kappa shape index (κ2) is 3.93. The highest BCUT2D eigenvalue weighted by Crippen LogP contribution is 2.16. The van der Waals surface area contributed by atoms with Gasteiger partial charge in [-0.05, 0) is 6.07 Å². The van der Waals surface area contributed by atoms with Gasteiger partial charge in [0.2, 0.25) is 5.06 Å². The third-order valence-electron chi connectivity index (χ3n) is 1.39. The molecule has 2 rings (SSSR count). The van der Waals surface area contributed by atoms with Gasteiger partial charge in [0, 0.05) is 6.20 Å². The Morgan fingerprint density at radius 1 is 1.43 bits per heavy atom. The van der Waals surface area contributed by atoms with Crippen LogP contribution in [0.3, 0.4) is 0 Å². The summed E-state index contributed by atoms with van der Waals surface area (Å²) < 4.78 is 4.97. The summed E-state index contributed by atoms with van der Waals surface area (Å²) in [7, 11) is 0. The van der Waals surface area contributed by atoms with Gasteiger partial charge >= 0.3 is 5.97 Å². The average Bonchev–Trinajstić information content (AvgIpc) is 2.72. The molecule has 0 aliphatic heterocycles. The van der Waals surface area contributed by atoms with Gasteiger partial charge in [0.25, 0.3) is 0 Å². The molecule has 2 heterocycles. The van der Waals surface area contributed by atoms with E-state index >= 15 is 0 Å². The molecule has 14 heavy (non-hydrogen) atoms. The monoisotopic (exact) mass is 207 g/mol. The molecule has 0 amide bonds. The quantitative estimate of drug-likeness (QED) is 0.691. The zero-order valence-corrected chi connectivity index (χ0v) is 7.77. The zero-order valence-electron chi connectivity index (χ0n) is 6.95. The SMILES string of the molecule is O=C(Oc1cncs1)c1ccncn1. The Balaban J connectivity index is 2.11. The van der Waals surface area contributed by atoms with Crippen LogP contribution in [0.4, 0.5) is 0 Å². The maximum absolute atomic E-state index is 11.4. The number of hydrogen-bond acceptors (Lipinski definition) is 6. The molecular formula is C8H5N3O2S. The fourth-order valence-corrected chi connectivity index (χ4v) is 1.28. The van der Waals surface area contributed by atoms with Gasteiger partial charge in [0.15, 0.2) is 5.69 Å². The molecule has 0 radical (unpaired) electrons. The molecule has 2 aromatic rings. The molecule has 0 fully saturated rings. The zero-order chi connectivity index (χ0) is 9.80. The largest absolute Gasteiger partial charge is 0.409 e. The van der Waals surface area contributed by atoms with Gasteiger partial charge in [-0.1, -0.05) is 11.3 Å². The summed E-state index contributed by atoms with van der Waals surface area (Å²) in [5.74, 6) is -0.503. The van der Waals surface area contributed by atoms with Gasteiger partial charge in [-0.25, -0.2) is 19.7 Å². The van der Waals surface area contributed by atoms with Crippen LogP contribution < -0.4 is 4.74 Å². The number of hydrogen-bond donors (Lipinski definition) is 0. The fourth-order valence-electron chi connectivity index (χ4n) is 0.810. The van der Waals surface area contributed by atoms with E-state index in [2.05, 4.69) is 15.0 Å². The smallest absolute Gasteiger partial charge is 0.363 e. The van der Waals surface area contributed by atoms with Crippen molar-refractivity contribution in [3.63, 3.8) is 0 Å². The molecule has 70 valence electrons. The Bertz CT molecular complexity index is 415. The van der Waals surface area contributed by atoms with Crippen LogP contribution in [-0.4, -0.2) is 20.9 Å². The van der Waals surface area contributed by atoms with Crippen LogP contribution in [-0.2, 0) is 0 Å². The molecule has 0 spiro atoms. The summed E-state index contributed by atoms with van der Waals surface area (Å²) >= 11 is 1.25. The number of esters is 1. The van der Waals surface area contributed by atoms with E-state index in [4.69, 9.17) is 4.74 Å². The van der Waals surface area contributed by atoms with E-state index in [0.717, 1.165) is 0 Å². The molecule has 6 heteroatoms. The van der Waals surface area contributed by atoms with Gasteiger partial charge in [-0.2, -0.15) is 0 Å². The molecule has 0 aromatic carbocycles. The third-order valence-corrected chi connectivity index (χ3v) is 2.04. The molecule has 0 aliphatic carbocycles.